The van der Waals surface area contributed by atoms with E-state index < -0.39 is 0 Å². The number of rotatable bonds is 4. The van der Waals surface area contributed by atoms with Gasteiger partial charge in [-0.3, -0.25) is 0 Å². The van der Waals surface area contributed by atoms with Gasteiger partial charge in [0.1, 0.15) is 0 Å². The van der Waals surface area contributed by atoms with Gasteiger partial charge >= 0.3 is 0 Å². The first kappa shape index (κ1) is 12.2. The summed E-state index contributed by atoms with van der Waals surface area (Å²) in [7, 11) is 0. The number of benzene rings is 2. The molecule has 0 heterocycles. The second-order valence-electron chi connectivity index (χ2n) is 4.07. The highest BCUT2D eigenvalue weighted by molar-refractivity contribution is 8.00. The highest BCUT2D eigenvalue weighted by Gasteiger charge is 2.15. The van der Waals surface area contributed by atoms with Gasteiger partial charge in [0.15, 0.2) is 0 Å². The molecule has 0 aliphatic heterocycles. The predicted molar refractivity (Wildman–Crippen MR) is 75.1 cm³/mol. The Morgan fingerprint density at radius 1 is 0.882 bits per heavy atom. The van der Waals surface area contributed by atoms with Crippen LogP contribution in [-0.4, -0.2) is 5.25 Å². The van der Waals surface area contributed by atoms with E-state index in [1.165, 1.54) is 10.5 Å². The quantitative estimate of drug-likeness (QED) is 0.825. The maximum Gasteiger partial charge on any atom is 0.0416 e. The molecule has 88 valence electrons. The molecule has 2 rings (SSSR count). The Bertz CT molecular complexity index is 441. The third-order valence-corrected chi connectivity index (χ3v) is 3.96. The first-order valence-corrected chi connectivity index (χ1v) is 6.67. The zero-order valence-corrected chi connectivity index (χ0v) is 10.7. The van der Waals surface area contributed by atoms with Crippen LogP contribution in [0.3, 0.4) is 0 Å². The molecule has 2 aromatic carbocycles. The Balaban J connectivity index is 2.03. The summed E-state index contributed by atoms with van der Waals surface area (Å²) >= 11 is 1.82. The molecule has 2 N–H and O–H groups in total. The van der Waals surface area contributed by atoms with Gasteiger partial charge < -0.3 is 5.73 Å². The summed E-state index contributed by atoms with van der Waals surface area (Å²) in [4.78, 5) is 1.27. The van der Waals surface area contributed by atoms with E-state index in [1.54, 1.807) is 0 Å². The standard InChI is InChI=1S/C15H17NS/c1-12(17-14-10-6-3-7-11-14)15(16)13-8-4-2-5-9-13/h2-12,15H,16H2,1H3/t12-,15-/m0/s1. The van der Waals surface area contributed by atoms with Gasteiger partial charge in [0.05, 0.1) is 0 Å². The average molecular weight is 243 g/mol. The first-order valence-electron chi connectivity index (χ1n) is 5.79. The monoisotopic (exact) mass is 243 g/mol. The minimum atomic E-state index is 0.0707. The third kappa shape index (κ3) is 3.35. The van der Waals surface area contributed by atoms with Gasteiger partial charge in [-0.2, -0.15) is 0 Å². The van der Waals surface area contributed by atoms with Gasteiger partial charge in [0.2, 0.25) is 0 Å². The molecule has 0 amide bonds. The molecule has 0 aliphatic carbocycles. The van der Waals surface area contributed by atoms with Gasteiger partial charge in [-0.15, -0.1) is 11.8 Å². The van der Waals surface area contributed by atoms with Gasteiger partial charge in [-0.1, -0.05) is 55.5 Å². The van der Waals surface area contributed by atoms with Crippen LogP contribution in [0, 0.1) is 0 Å². The number of thioether (sulfide) groups is 1. The molecule has 2 heteroatoms. The smallest absolute Gasteiger partial charge is 0.0416 e. The number of nitrogens with two attached hydrogens (primary N) is 1. The summed E-state index contributed by atoms with van der Waals surface area (Å²) in [5.74, 6) is 0. The first-order chi connectivity index (χ1) is 8.27. The Morgan fingerprint density at radius 3 is 2.00 bits per heavy atom. The molecule has 0 radical (unpaired) electrons. The Labute approximate surface area is 107 Å². The highest BCUT2D eigenvalue weighted by atomic mass is 32.2. The fourth-order valence-electron chi connectivity index (χ4n) is 1.73. The summed E-state index contributed by atoms with van der Waals surface area (Å²) in [6.07, 6.45) is 0. The zero-order valence-electron chi connectivity index (χ0n) is 9.91. The average Bonchev–Trinajstić information content (AvgIpc) is 2.40. The van der Waals surface area contributed by atoms with Crippen LogP contribution in [0.15, 0.2) is 65.6 Å². The molecular formula is C15H17NS. The van der Waals surface area contributed by atoms with Crippen molar-refractivity contribution in [1.29, 1.82) is 0 Å². The summed E-state index contributed by atoms with van der Waals surface area (Å²) in [5.41, 5.74) is 7.46. The van der Waals surface area contributed by atoms with Crippen molar-refractivity contribution in [3.63, 3.8) is 0 Å². The van der Waals surface area contributed by atoms with E-state index in [9.17, 15) is 0 Å². The van der Waals surface area contributed by atoms with Crippen molar-refractivity contribution in [2.75, 3.05) is 0 Å². The SMILES string of the molecule is C[C@H](Sc1ccccc1)[C@H](N)c1ccccc1. The Hall–Kier alpha value is -1.25. The van der Waals surface area contributed by atoms with Crippen molar-refractivity contribution in [2.24, 2.45) is 5.73 Å². The van der Waals surface area contributed by atoms with Crippen molar-refractivity contribution in [1.82, 2.24) is 0 Å². The minimum absolute atomic E-state index is 0.0707. The van der Waals surface area contributed by atoms with Gasteiger partial charge in [-0.25, -0.2) is 0 Å². The molecule has 2 aromatic rings. The van der Waals surface area contributed by atoms with Gasteiger partial charge in [-0.05, 0) is 17.7 Å². The van der Waals surface area contributed by atoms with Gasteiger partial charge in [0.25, 0.3) is 0 Å². The van der Waals surface area contributed by atoms with Crippen LogP contribution in [0.5, 0.6) is 0 Å². The largest absolute Gasteiger partial charge is 0.323 e. The van der Waals surface area contributed by atoms with Crippen molar-refractivity contribution >= 4 is 11.8 Å². The summed E-state index contributed by atoms with van der Waals surface area (Å²) in [6, 6.07) is 20.7. The Kier molecular flexibility index (Phi) is 4.24. The number of hydrogen-bond acceptors (Lipinski definition) is 2. The fourth-order valence-corrected chi connectivity index (χ4v) is 2.78. The lowest BCUT2D eigenvalue weighted by Gasteiger charge is -2.19. The van der Waals surface area contributed by atoms with E-state index in [-0.39, 0.29) is 6.04 Å². The van der Waals surface area contributed by atoms with Crippen molar-refractivity contribution in [3.05, 3.63) is 66.2 Å². The van der Waals surface area contributed by atoms with Crippen LogP contribution >= 0.6 is 11.8 Å². The van der Waals surface area contributed by atoms with Crippen LogP contribution in [0.1, 0.15) is 18.5 Å². The van der Waals surface area contributed by atoms with E-state index in [0.29, 0.717) is 5.25 Å². The van der Waals surface area contributed by atoms with Crippen LogP contribution in [0.25, 0.3) is 0 Å². The molecule has 2 atom stereocenters. The topological polar surface area (TPSA) is 26.0 Å². The second-order valence-corrected chi connectivity index (χ2v) is 5.52. The lowest BCUT2D eigenvalue weighted by molar-refractivity contribution is 0.715. The summed E-state index contributed by atoms with van der Waals surface area (Å²) in [5, 5.41) is 0.361. The molecule has 0 bridgehead atoms. The maximum atomic E-state index is 6.27. The molecule has 0 saturated heterocycles. The van der Waals surface area contributed by atoms with Crippen molar-refractivity contribution in [3.8, 4) is 0 Å². The van der Waals surface area contributed by atoms with Crippen LogP contribution in [-0.2, 0) is 0 Å². The predicted octanol–water partition coefficient (Wildman–Crippen LogP) is 3.87. The van der Waals surface area contributed by atoms with Crippen LogP contribution < -0.4 is 5.73 Å². The lowest BCUT2D eigenvalue weighted by atomic mass is 10.1. The maximum absolute atomic E-state index is 6.27. The normalized spacial score (nSPS) is 14.2. The fraction of sp³-hybridized carbons (Fsp3) is 0.200. The van der Waals surface area contributed by atoms with E-state index in [4.69, 9.17) is 5.73 Å². The molecule has 0 aromatic heterocycles. The summed E-state index contributed by atoms with van der Waals surface area (Å²) in [6.45, 7) is 2.18. The highest BCUT2D eigenvalue weighted by Crippen LogP contribution is 2.30. The molecule has 1 nitrogen and oxygen atoms in total. The molecule has 0 saturated carbocycles. The molecule has 0 fully saturated rings. The summed E-state index contributed by atoms with van der Waals surface area (Å²) < 4.78 is 0. The van der Waals surface area contributed by atoms with Gasteiger partial charge in [0, 0.05) is 16.2 Å². The van der Waals surface area contributed by atoms with Crippen LogP contribution in [0.4, 0.5) is 0 Å². The third-order valence-electron chi connectivity index (χ3n) is 2.76. The zero-order chi connectivity index (χ0) is 12.1. The molecule has 0 aliphatic rings. The van der Waals surface area contributed by atoms with Crippen molar-refractivity contribution in [2.45, 2.75) is 23.1 Å². The second kappa shape index (κ2) is 5.89. The Morgan fingerprint density at radius 2 is 1.41 bits per heavy atom. The van der Waals surface area contributed by atoms with E-state index in [1.807, 2.05) is 36.0 Å². The lowest BCUT2D eigenvalue weighted by Crippen LogP contribution is -2.20. The molecule has 0 unspecified atom stereocenters. The molecule has 0 spiro atoms. The molecular weight excluding hydrogens is 226 g/mol. The molecule has 17 heavy (non-hydrogen) atoms. The minimum Gasteiger partial charge on any atom is -0.323 e. The number of hydrogen-bond donors (Lipinski definition) is 1. The van der Waals surface area contributed by atoms with E-state index >= 15 is 0 Å². The van der Waals surface area contributed by atoms with E-state index in [0.717, 1.165) is 0 Å². The van der Waals surface area contributed by atoms with E-state index in [2.05, 4.69) is 43.3 Å². The van der Waals surface area contributed by atoms with Crippen molar-refractivity contribution < 1.29 is 0 Å². The van der Waals surface area contributed by atoms with Crippen LogP contribution in [0.2, 0.25) is 0 Å².